The van der Waals surface area contributed by atoms with Crippen molar-refractivity contribution in [3.8, 4) is 5.75 Å². The van der Waals surface area contributed by atoms with E-state index in [0.717, 1.165) is 18.5 Å². The van der Waals surface area contributed by atoms with Crippen LogP contribution in [0, 0.1) is 7.14 Å². The van der Waals surface area contributed by atoms with Crippen molar-refractivity contribution in [3.63, 3.8) is 0 Å². The highest BCUT2D eigenvalue weighted by atomic mass is 127. The van der Waals surface area contributed by atoms with Crippen molar-refractivity contribution < 1.29 is 14.3 Å². The van der Waals surface area contributed by atoms with E-state index in [0.29, 0.717) is 15.6 Å². The molecule has 0 radical (unpaired) electrons. The quantitative estimate of drug-likeness (QED) is 0.226. The fourth-order valence-corrected chi connectivity index (χ4v) is 4.92. The van der Waals surface area contributed by atoms with Crippen LogP contribution in [0.2, 0.25) is 10.0 Å². The van der Waals surface area contributed by atoms with Crippen LogP contribution in [0.3, 0.4) is 0 Å². The van der Waals surface area contributed by atoms with Gasteiger partial charge in [-0.2, -0.15) is 0 Å². The first-order valence-corrected chi connectivity index (χ1v) is 10.8. The van der Waals surface area contributed by atoms with Gasteiger partial charge in [0.2, 0.25) is 5.90 Å². The first-order chi connectivity index (χ1) is 12.7. The minimum atomic E-state index is -0.525. The van der Waals surface area contributed by atoms with Gasteiger partial charge in [0.1, 0.15) is 5.75 Å². The van der Waals surface area contributed by atoms with Gasteiger partial charge in [0.25, 0.3) is 0 Å². The summed E-state index contributed by atoms with van der Waals surface area (Å²) in [6, 6.07) is 8.78. The van der Waals surface area contributed by atoms with Gasteiger partial charge in [0.15, 0.2) is 5.70 Å². The minimum Gasteiger partial charge on any atom is -0.489 e. The highest BCUT2D eigenvalue weighted by Gasteiger charge is 2.26. The molecule has 0 fully saturated rings. The molecule has 3 rings (SSSR count). The summed E-state index contributed by atoms with van der Waals surface area (Å²) in [6.07, 6.45) is 1.76. The number of carbonyl (C=O) groups is 1. The van der Waals surface area contributed by atoms with E-state index in [9.17, 15) is 4.79 Å². The fraction of sp³-hybridized carbons (Fsp3) is 0.158. The van der Waals surface area contributed by atoms with Crippen molar-refractivity contribution in [2.75, 3.05) is 0 Å². The summed E-state index contributed by atoms with van der Waals surface area (Å²) in [5.74, 6) is 0.472. The number of aliphatic imine (C=N–C) groups is 1. The zero-order valence-corrected chi connectivity index (χ0v) is 20.1. The van der Waals surface area contributed by atoms with E-state index in [4.69, 9.17) is 32.7 Å². The molecule has 2 aromatic carbocycles. The van der Waals surface area contributed by atoms with Crippen molar-refractivity contribution in [3.05, 3.63) is 64.3 Å². The van der Waals surface area contributed by atoms with E-state index in [2.05, 4.69) is 50.2 Å². The molecule has 27 heavy (non-hydrogen) atoms. The topological polar surface area (TPSA) is 47.9 Å². The maximum atomic E-state index is 12.2. The molecule has 0 atom stereocenters. The predicted octanol–water partition coefficient (Wildman–Crippen LogP) is 6.33. The lowest BCUT2D eigenvalue weighted by molar-refractivity contribution is -0.129. The van der Waals surface area contributed by atoms with Crippen molar-refractivity contribution in [2.45, 2.75) is 20.0 Å². The number of hydrogen-bond donors (Lipinski definition) is 0. The lowest BCUT2D eigenvalue weighted by Gasteiger charge is -2.14. The molecular formula is C19H13Cl2I2NO3. The van der Waals surface area contributed by atoms with Gasteiger partial charge in [0.05, 0.1) is 23.8 Å². The molecule has 0 saturated carbocycles. The molecule has 0 aromatic heterocycles. The molecule has 1 aliphatic rings. The normalized spacial score (nSPS) is 15.3. The second kappa shape index (κ2) is 8.67. The zero-order valence-electron chi connectivity index (χ0n) is 14.2. The number of cyclic esters (lactones) is 1. The Morgan fingerprint density at radius 2 is 1.81 bits per heavy atom. The van der Waals surface area contributed by atoms with Crippen LogP contribution in [0.5, 0.6) is 5.75 Å². The Kier molecular flexibility index (Phi) is 6.70. The van der Waals surface area contributed by atoms with E-state index >= 15 is 0 Å². The highest BCUT2D eigenvalue weighted by Crippen LogP contribution is 2.32. The van der Waals surface area contributed by atoms with Gasteiger partial charge in [-0.05, 0) is 101 Å². The highest BCUT2D eigenvalue weighted by molar-refractivity contribution is 14.1. The first-order valence-electron chi connectivity index (χ1n) is 7.88. The molecule has 1 heterocycles. The number of ether oxygens (including phenoxy) is 2. The maximum absolute atomic E-state index is 12.2. The summed E-state index contributed by atoms with van der Waals surface area (Å²) in [5.41, 5.74) is 1.56. The summed E-state index contributed by atoms with van der Waals surface area (Å²) in [4.78, 5) is 16.5. The van der Waals surface area contributed by atoms with Crippen LogP contribution in [0.1, 0.15) is 25.0 Å². The van der Waals surface area contributed by atoms with Gasteiger partial charge in [-0.1, -0.05) is 23.2 Å². The predicted molar refractivity (Wildman–Crippen MR) is 125 cm³/mol. The van der Waals surface area contributed by atoms with Crippen LogP contribution in [0.15, 0.2) is 41.0 Å². The molecule has 2 aromatic rings. The van der Waals surface area contributed by atoms with Crippen molar-refractivity contribution in [1.29, 1.82) is 0 Å². The number of rotatable bonds is 4. The lowest BCUT2D eigenvalue weighted by atomic mass is 10.2. The third kappa shape index (κ3) is 4.96. The van der Waals surface area contributed by atoms with Crippen LogP contribution in [-0.2, 0) is 9.53 Å². The van der Waals surface area contributed by atoms with Gasteiger partial charge < -0.3 is 9.47 Å². The Morgan fingerprint density at radius 1 is 1.15 bits per heavy atom. The van der Waals surface area contributed by atoms with E-state index in [-0.39, 0.29) is 17.7 Å². The molecule has 0 spiro atoms. The average Bonchev–Trinajstić information content (AvgIpc) is 2.91. The van der Waals surface area contributed by atoms with E-state index in [1.54, 1.807) is 24.3 Å². The molecule has 0 amide bonds. The number of benzene rings is 2. The Balaban J connectivity index is 1.95. The van der Waals surface area contributed by atoms with Gasteiger partial charge in [-0.25, -0.2) is 9.79 Å². The van der Waals surface area contributed by atoms with Gasteiger partial charge in [0, 0.05) is 5.02 Å². The van der Waals surface area contributed by atoms with Crippen molar-refractivity contribution in [1.82, 2.24) is 0 Å². The maximum Gasteiger partial charge on any atom is 0.363 e. The molecule has 140 valence electrons. The standard InChI is InChI=1S/C19H13Cl2I2NO3/c1-9(2)26-17-14(22)5-10(6-15(17)23)7-16-19(25)27-18(24-16)12-4-3-11(20)8-13(12)21/h3-9H,1-2H3/b16-7-. The molecule has 4 nitrogen and oxygen atoms in total. The Morgan fingerprint density at radius 3 is 2.41 bits per heavy atom. The molecule has 1 aliphatic heterocycles. The fourth-order valence-electron chi connectivity index (χ4n) is 2.36. The Hall–Kier alpha value is -0.840. The van der Waals surface area contributed by atoms with E-state index < -0.39 is 5.97 Å². The zero-order chi connectivity index (χ0) is 19.7. The Bertz CT molecular complexity index is 964. The summed E-state index contributed by atoms with van der Waals surface area (Å²) in [7, 11) is 0. The number of carbonyl (C=O) groups excluding carboxylic acids is 1. The lowest BCUT2D eigenvalue weighted by Crippen LogP contribution is -2.08. The third-order valence-electron chi connectivity index (χ3n) is 3.46. The smallest absolute Gasteiger partial charge is 0.363 e. The first kappa shape index (κ1) is 20.9. The Labute approximate surface area is 194 Å². The monoisotopic (exact) mass is 627 g/mol. The molecule has 0 unspecified atom stereocenters. The average molecular weight is 628 g/mol. The summed E-state index contributed by atoms with van der Waals surface area (Å²) >= 11 is 16.5. The SMILES string of the molecule is CC(C)Oc1c(I)cc(/C=C2\N=C(c3ccc(Cl)cc3Cl)OC2=O)cc1I. The van der Waals surface area contributed by atoms with Gasteiger partial charge in [-0.15, -0.1) is 0 Å². The van der Waals surface area contributed by atoms with Crippen LogP contribution in [-0.4, -0.2) is 18.0 Å². The molecule has 0 aliphatic carbocycles. The third-order valence-corrected chi connectivity index (χ3v) is 5.61. The van der Waals surface area contributed by atoms with Crippen LogP contribution < -0.4 is 4.74 Å². The van der Waals surface area contributed by atoms with Crippen molar-refractivity contribution >= 4 is 86.3 Å². The number of hydrogen-bond acceptors (Lipinski definition) is 4. The van der Waals surface area contributed by atoms with Crippen LogP contribution in [0.4, 0.5) is 0 Å². The largest absolute Gasteiger partial charge is 0.489 e. The molecule has 0 N–H and O–H groups in total. The molecule has 8 heteroatoms. The number of nitrogens with zero attached hydrogens (tertiary/aromatic N) is 1. The molecule has 0 bridgehead atoms. The number of esters is 1. The van der Waals surface area contributed by atoms with Gasteiger partial charge >= 0.3 is 5.97 Å². The second-order valence-electron chi connectivity index (χ2n) is 5.94. The van der Waals surface area contributed by atoms with Crippen LogP contribution >= 0.6 is 68.4 Å². The number of halogens is 4. The minimum absolute atomic E-state index is 0.0809. The van der Waals surface area contributed by atoms with E-state index in [1.165, 1.54) is 0 Å². The summed E-state index contributed by atoms with van der Waals surface area (Å²) < 4.78 is 13.0. The summed E-state index contributed by atoms with van der Waals surface area (Å²) in [5, 5.41) is 0.867. The molecule has 0 saturated heterocycles. The summed E-state index contributed by atoms with van der Waals surface area (Å²) in [6.45, 7) is 3.96. The van der Waals surface area contributed by atoms with Crippen LogP contribution in [0.25, 0.3) is 6.08 Å². The van der Waals surface area contributed by atoms with E-state index in [1.807, 2.05) is 26.0 Å². The second-order valence-corrected chi connectivity index (χ2v) is 9.11. The van der Waals surface area contributed by atoms with Crippen molar-refractivity contribution in [2.24, 2.45) is 4.99 Å². The molecular weight excluding hydrogens is 615 g/mol. The van der Waals surface area contributed by atoms with Gasteiger partial charge in [-0.3, -0.25) is 0 Å².